The Labute approximate surface area is 114 Å². The van der Waals surface area contributed by atoms with Crippen LogP contribution in [0.3, 0.4) is 0 Å². The molecule has 1 fully saturated rings. The second-order valence-electron chi connectivity index (χ2n) is 5.02. The van der Waals surface area contributed by atoms with Gasteiger partial charge in [0, 0.05) is 32.3 Å². The molecule has 4 nitrogen and oxygen atoms in total. The van der Waals surface area contributed by atoms with Gasteiger partial charge in [-0.05, 0) is 25.1 Å². The van der Waals surface area contributed by atoms with E-state index in [1.165, 1.54) is 32.1 Å². The number of nitrogens with zero attached hydrogens (tertiary/aromatic N) is 2. The SMILES string of the molecule is Cn1cnc(CCNC(=S)NC2CCCCC2)c1. The summed E-state index contributed by atoms with van der Waals surface area (Å²) in [7, 11) is 1.99. The van der Waals surface area contributed by atoms with Crippen LogP contribution in [0.4, 0.5) is 0 Å². The summed E-state index contributed by atoms with van der Waals surface area (Å²) in [5.41, 5.74) is 1.10. The van der Waals surface area contributed by atoms with Gasteiger partial charge in [-0.15, -0.1) is 0 Å². The average Bonchev–Trinajstić information content (AvgIpc) is 2.76. The molecule has 1 aromatic rings. The van der Waals surface area contributed by atoms with Crippen LogP contribution in [0.15, 0.2) is 12.5 Å². The topological polar surface area (TPSA) is 41.9 Å². The van der Waals surface area contributed by atoms with Crippen molar-refractivity contribution in [2.45, 2.75) is 44.6 Å². The summed E-state index contributed by atoms with van der Waals surface area (Å²) in [6.45, 7) is 0.843. The molecule has 1 saturated carbocycles. The van der Waals surface area contributed by atoms with Crippen LogP contribution in [0.5, 0.6) is 0 Å². The number of nitrogens with one attached hydrogen (secondary N) is 2. The van der Waals surface area contributed by atoms with Crippen LogP contribution in [-0.4, -0.2) is 27.3 Å². The van der Waals surface area contributed by atoms with E-state index in [0.29, 0.717) is 6.04 Å². The maximum Gasteiger partial charge on any atom is 0.166 e. The Balaban J connectivity index is 1.62. The fourth-order valence-electron chi connectivity index (χ4n) is 2.38. The van der Waals surface area contributed by atoms with Gasteiger partial charge in [0.05, 0.1) is 12.0 Å². The van der Waals surface area contributed by atoms with Crippen molar-refractivity contribution in [1.29, 1.82) is 0 Å². The molecule has 0 bridgehead atoms. The first-order valence-corrected chi connectivity index (χ1v) is 7.16. The third kappa shape index (κ3) is 4.29. The summed E-state index contributed by atoms with van der Waals surface area (Å²) >= 11 is 5.31. The van der Waals surface area contributed by atoms with Crippen LogP contribution in [0.1, 0.15) is 37.8 Å². The van der Waals surface area contributed by atoms with Gasteiger partial charge in [-0.25, -0.2) is 4.98 Å². The summed E-state index contributed by atoms with van der Waals surface area (Å²) in [5.74, 6) is 0. The minimum atomic E-state index is 0.577. The van der Waals surface area contributed by atoms with Crippen molar-refractivity contribution in [2.75, 3.05) is 6.54 Å². The second-order valence-corrected chi connectivity index (χ2v) is 5.42. The monoisotopic (exact) mass is 266 g/mol. The van der Waals surface area contributed by atoms with E-state index in [2.05, 4.69) is 15.6 Å². The molecule has 0 spiro atoms. The molecule has 1 heterocycles. The quantitative estimate of drug-likeness (QED) is 0.815. The van der Waals surface area contributed by atoms with Crippen molar-refractivity contribution in [3.8, 4) is 0 Å². The molecule has 0 atom stereocenters. The molecule has 100 valence electrons. The molecule has 2 N–H and O–H groups in total. The largest absolute Gasteiger partial charge is 0.362 e. The summed E-state index contributed by atoms with van der Waals surface area (Å²) in [5, 5.41) is 7.45. The van der Waals surface area contributed by atoms with E-state index in [9.17, 15) is 0 Å². The number of rotatable bonds is 4. The van der Waals surface area contributed by atoms with Crippen LogP contribution >= 0.6 is 12.2 Å². The van der Waals surface area contributed by atoms with Gasteiger partial charge in [0.1, 0.15) is 0 Å². The molecule has 0 aliphatic heterocycles. The molecule has 0 unspecified atom stereocenters. The highest BCUT2D eigenvalue weighted by Crippen LogP contribution is 2.17. The number of thiocarbonyl (C=S) groups is 1. The van der Waals surface area contributed by atoms with Crippen molar-refractivity contribution >= 4 is 17.3 Å². The Hall–Kier alpha value is -1.10. The summed E-state index contributed by atoms with van der Waals surface area (Å²) in [4.78, 5) is 4.29. The lowest BCUT2D eigenvalue weighted by atomic mass is 9.96. The van der Waals surface area contributed by atoms with Crippen molar-refractivity contribution < 1.29 is 0 Å². The van der Waals surface area contributed by atoms with Crippen LogP contribution in [0, 0.1) is 0 Å². The Morgan fingerprint density at radius 2 is 2.22 bits per heavy atom. The zero-order valence-electron chi connectivity index (χ0n) is 11.0. The molecule has 1 aromatic heterocycles. The average molecular weight is 266 g/mol. The van der Waals surface area contributed by atoms with E-state index < -0.39 is 0 Å². The van der Waals surface area contributed by atoms with E-state index in [1.807, 2.05) is 24.1 Å². The molecule has 0 saturated heterocycles. The molecule has 2 rings (SSSR count). The Bertz CT molecular complexity index is 382. The molecule has 5 heteroatoms. The number of aromatic nitrogens is 2. The van der Waals surface area contributed by atoms with Gasteiger partial charge >= 0.3 is 0 Å². The molecule has 1 aliphatic carbocycles. The normalized spacial score (nSPS) is 16.5. The Morgan fingerprint density at radius 1 is 1.44 bits per heavy atom. The lowest BCUT2D eigenvalue weighted by Gasteiger charge is -2.24. The van der Waals surface area contributed by atoms with Gasteiger partial charge in [0.25, 0.3) is 0 Å². The third-order valence-electron chi connectivity index (χ3n) is 3.37. The molecule has 18 heavy (non-hydrogen) atoms. The fraction of sp³-hybridized carbons (Fsp3) is 0.692. The van der Waals surface area contributed by atoms with E-state index >= 15 is 0 Å². The number of hydrogen-bond donors (Lipinski definition) is 2. The number of aryl methyl sites for hydroxylation is 1. The summed E-state index contributed by atoms with van der Waals surface area (Å²) < 4.78 is 1.97. The van der Waals surface area contributed by atoms with Crippen LogP contribution in [0.25, 0.3) is 0 Å². The molecular formula is C13H22N4S. The smallest absolute Gasteiger partial charge is 0.166 e. The van der Waals surface area contributed by atoms with Crippen molar-refractivity contribution in [2.24, 2.45) is 7.05 Å². The van der Waals surface area contributed by atoms with Crippen LogP contribution in [-0.2, 0) is 13.5 Å². The van der Waals surface area contributed by atoms with Crippen LogP contribution in [0.2, 0.25) is 0 Å². The predicted molar refractivity (Wildman–Crippen MR) is 77.5 cm³/mol. The molecule has 0 aromatic carbocycles. The minimum absolute atomic E-state index is 0.577. The van der Waals surface area contributed by atoms with Gasteiger partial charge in [-0.2, -0.15) is 0 Å². The zero-order chi connectivity index (χ0) is 12.8. The van der Waals surface area contributed by atoms with Crippen molar-refractivity contribution in [3.63, 3.8) is 0 Å². The lowest BCUT2D eigenvalue weighted by Crippen LogP contribution is -2.43. The fourth-order valence-corrected chi connectivity index (χ4v) is 2.65. The van der Waals surface area contributed by atoms with Crippen LogP contribution < -0.4 is 10.6 Å². The lowest BCUT2D eigenvalue weighted by molar-refractivity contribution is 0.412. The Kier molecular flexibility index (Phi) is 4.99. The highest BCUT2D eigenvalue weighted by atomic mass is 32.1. The van der Waals surface area contributed by atoms with E-state index in [0.717, 1.165) is 23.8 Å². The second kappa shape index (κ2) is 6.73. The maximum absolute atomic E-state index is 5.31. The number of hydrogen-bond acceptors (Lipinski definition) is 2. The highest BCUT2D eigenvalue weighted by molar-refractivity contribution is 7.80. The maximum atomic E-state index is 5.31. The third-order valence-corrected chi connectivity index (χ3v) is 3.63. The first-order chi connectivity index (χ1) is 8.74. The van der Waals surface area contributed by atoms with Crippen molar-refractivity contribution in [3.05, 3.63) is 18.2 Å². The summed E-state index contributed by atoms with van der Waals surface area (Å²) in [6.07, 6.45) is 11.3. The standard InChI is InChI=1S/C13H22N4S/c1-17-9-12(15-10-17)7-8-14-13(18)16-11-5-3-2-4-6-11/h9-11H,2-8H2,1H3,(H2,14,16,18). The van der Waals surface area contributed by atoms with Gasteiger partial charge in [0.2, 0.25) is 0 Å². The predicted octanol–water partition coefficient (Wildman–Crippen LogP) is 1.76. The first kappa shape index (κ1) is 13.3. The highest BCUT2D eigenvalue weighted by Gasteiger charge is 2.13. The molecule has 1 aliphatic rings. The summed E-state index contributed by atoms with van der Waals surface area (Å²) in [6, 6.07) is 0.577. The van der Waals surface area contributed by atoms with E-state index in [-0.39, 0.29) is 0 Å². The van der Waals surface area contributed by atoms with Gasteiger partial charge in [0.15, 0.2) is 5.11 Å². The molecular weight excluding hydrogens is 244 g/mol. The van der Waals surface area contributed by atoms with E-state index in [1.54, 1.807) is 0 Å². The first-order valence-electron chi connectivity index (χ1n) is 6.75. The van der Waals surface area contributed by atoms with Gasteiger partial charge < -0.3 is 15.2 Å². The zero-order valence-corrected chi connectivity index (χ0v) is 11.8. The molecule has 0 amide bonds. The van der Waals surface area contributed by atoms with Gasteiger partial charge in [-0.1, -0.05) is 19.3 Å². The van der Waals surface area contributed by atoms with E-state index in [4.69, 9.17) is 12.2 Å². The van der Waals surface area contributed by atoms with Gasteiger partial charge in [-0.3, -0.25) is 0 Å². The van der Waals surface area contributed by atoms with Crippen molar-refractivity contribution in [1.82, 2.24) is 20.2 Å². The number of imidazole rings is 1. The Morgan fingerprint density at radius 3 is 2.89 bits per heavy atom. The minimum Gasteiger partial charge on any atom is -0.362 e. The molecule has 0 radical (unpaired) electrons.